The van der Waals surface area contributed by atoms with E-state index in [1.165, 1.54) is 18.3 Å². The molecular weight excluding hydrogens is 310 g/mol. The second-order valence-corrected chi connectivity index (χ2v) is 5.20. The average Bonchev–Trinajstić information content (AvgIpc) is 2.56. The Morgan fingerprint density at radius 3 is 2.83 bits per heavy atom. The van der Waals surface area contributed by atoms with Crippen molar-refractivity contribution in [3.63, 3.8) is 0 Å². The van der Waals surface area contributed by atoms with E-state index in [4.69, 9.17) is 4.74 Å². The second-order valence-electron chi connectivity index (χ2n) is 5.20. The van der Waals surface area contributed by atoms with Crippen molar-refractivity contribution in [3.05, 3.63) is 69.3 Å². The van der Waals surface area contributed by atoms with Crippen LogP contribution in [0.25, 0.3) is 0 Å². The molecule has 0 spiro atoms. The van der Waals surface area contributed by atoms with Crippen LogP contribution in [0.5, 0.6) is 5.75 Å². The molecule has 1 N–H and O–H groups in total. The van der Waals surface area contributed by atoms with Gasteiger partial charge in [-0.3, -0.25) is 14.9 Å². The van der Waals surface area contributed by atoms with Crippen LogP contribution in [0.2, 0.25) is 0 Å². The first kappa shape index (κ1) is 17.1. The van der Waals surface area contributed by atoms with E-state index in [-0.39, 0.29) is 12.3 Å². The molecular formula is C17H17N3O4. The Balaban J connectivity index is 1.88. The lowest BCUT2D eigenvalue weighted by Gasteiger charge is -2.08. The molecule has 2 rings (SSSR count). The number of hydrogen-bond acceptors (Lipinski definition) is 5. The van der Waals surface area contributed by atoms with Gasteiger partial charge >= 0.3 is 0 Å². The van der Waals surface area contributed by atoms with Crippen LogP contribution in [0, 0.1) is 24.0 Å². The summed E-state index contributed by atoms with van der Waals surface area (Å²) in [6.07, 6.45) is 1.34. The van der Waals surface area contributed by atoms with Crippen molar-refractivity contribution in [2.45, 2.75) is 13.8 Å². The van der Waals surface area contributed by atoms with Gasteiger partial charge in [0.15, 0.2) is 6.61 Å². The number of carbonyl (C=O) groups excluding carboxylic acids is 1. The van der Waals surface area contributed by atoms with Crippen LogP contribution in [0.15, 0.2) is 47.6 Å². The van der Waals surface area contributed by atoms with Gasteiger partial charge in [-0.1, -0.05) is 24.3 Å². The molecule has 0 bridgehead atoms. The van der Waals surface area contributed by atoms with Crippen LogP contribution in [0.4, 0.5) is 5.69 Å². The number of non-ortho nitro benzene ring substituents is 1. The minimum absolute atomic E-state index is 0.0384. The molecule has 124 valence electrons. The maximum absolute atomic E-state index is 11.7. The number of rotatable bonds is 6. The van der Waals surface area contributed by atoms with Crippen molar-refractivity contribution in [1.82, 2.24) is 5.43 Å². The molecule has 0 aliphatic heterocycles. The van der Waals surface area contributed by atoms with Gasteiger partial charge in [-0.05, 0) is 31.0 Å². The second kappa shape index (κ2) is 7.87. The molecule has 2 aromatic carbocycles. The number of hydrazone groups is 1. The van der Waals surface area contributed by atoms with Gasteiger partial charge in [-0.2, -0.15) is 5.10 Å². The Morgan fingerprint density at radius 2 is 2.08 bits per heavy atom. The number of nitrogens with one attached hydrogen (secondary N) is 1. The number of nitro groups is 1. The van der Waals surface area contributed by atoms with Gasteiger partial charge in [0, 0.05) is 17.7 Å². The molecule has 24 heavy (non-hydrogen) atoms. The monoisotopic (exact) mass is 327 g/mol. The molecule has 0 fully saturated rings. The minimum Gasteiger partial charge on any atom is -0.483 e. The summed E-state index contributed by atoms with van der Waals surface area (Å²) in [6, 6.07) is 11.7. The summed E-state index contributed by atoms with van der Waals surface area (Å²) in [5, 5.41) is 14.4. The molecule has 0 radical (unpaired) electrons. The first-order chi connectivity index (χ1) is 11.5. The third kappa shape index (κ3) is 4.91. The smallest absolute Gasteiger partial charge is 0.277 e. The van der Waals surface area contributed by atoms with E-state index in [2.05, 4.69) is 10.5 Å². The summed E-state index contributed by atoms with van der Waals surface area (Å²) in [7, 11) is 0. The lowest BCUT2D eigenvalue weighted by atomic mass is 10.1. The number of carbonyl (C=O) groups is 1. The van der Waals surface area contributed by atoms with Crippen molar-refractivity contribution in [1.29, 1.82) is 0 Å². The summed E-state index contributed by atoms with van der Waals surface area (Å²) >= 11 is 0. The lowest BCUT2D eigenvalue weighted by molar-refractivity contribution is -0.384. The van der Waals surface area contributed by atoms with Crippen LogP contribution >= 0.6 is 0 Å². The van der Waals surface area contributed by atoms with Crippen molar-refractivity contribution in [3.8, 4) is 5.75 Å². The van der Waals surface area contributed by atoms with Crippen LogP contribution < -0.4 is 10.2 Å². The Kier molecular flexibility index (Phi) is 5.62. The van der Waals surface area contributed by atoms with E-state index in [0.29, 0.717) is 11.3 Å². The zero-order chi connectivity index (χ0) is 17.5. The molecule has 7 nitrogen and oxygen atoms in total. The fraction of sp³-hybridized carbons (Fsp3) is 0.176. The zero-order valence-corrected chi connectivity index (χ0v) is 13.4. The third-order valence-electron chi connectivity index (χ3n) is 3.19. The van der Waals surface area contributed by atoms with Crippen molar-refractivity contribution in [2.75, 3.05) is 6.61 Å². The van der Waals surface area contributed by atoms with E-state index in [9.17, 15) is 14.9 Å². The van der Waals surface area contributed by atoms with Crippen molar-refractivity contribution in [2.24, 2.45) is 5.10 Å². The van der Waals surface area contributed by atoms with Crippen LogP contribution in [0.3, 0.4) is 0 Å². The van der Waals surface area contributed by atoms with Crippen molar-refractivity contribution >= 4 is 17.8 Å². The highest BCUT2D eigenvalue weighted by Crippen LogP contribution is 2.18. The minimum atomic E-state index is -0.492. The number of nitrogens with zero attached hydrogens (tertiary/aromatic N) is 2. The van der Waals surface area contributed by atoms with E-state index in [1.54, 1.807) is 12.1 Å². The third-order valence-corrected chi connectivity index (χ3v) is 3.19. The number of nitro benzene ring substituents is 1. The molecule has 0 aromatic heterocycles. The highest BCUT2D eigenvalue weighted by molar-refractivity contribution is 5.83. The first-order valence-electron chi connectivity index (χ1n) is 7.22. The van der Waals surface area contributed by atoms with Gasteiger partial charge in [-0.15, -0.1) is 0 Å². The predicted molar refractivity (Wildman–Crippen MR) is 90.2 cm³/mol. The van der Waals surface area contributed by atoms with Crippen LogP contribution in [-0.4, -0.2) is 23.7 Å². The molecule has 7 heteroatoms. The maximum Gasteiger partial charge on any atom is 0.277 e. The van der Waals surface area contributed by atoms with Crippen LogP contribution in [-0.2, 0) is 4.79 Å². The van der Waals surface area contributed by atoms with E-state index in [1.807, 2.05) is 32.0 Å². The Morgan fingerprint density at radius 1 is 1.29 bits per heavy atom. The van der Waals surface area contributed by atoms with Gasteiger partial charge in [0.1, 0.15) is 5.75 Å². The average molecular weight is 327 g/mol. The molecule has 2 aromatic rings. The molecule has 0 aliphatic carbocycles. The zero-order valence-electron chi connectivity index (χ0n) is 13.4. The standard InChI is InChI=1S/C17H17N3O4/c1-12-6-7-13(2)16(8-12)24-11-17(21)19-18-10-14-4-3-5-15(9-14)20(22)23/h3-10H,11H2,1-2H3,(H,19,21)/b18-10-. The van der Waals surface area contributed by atoms with Crippen LogP contribution in [0.1, 0.15) is 16.7 Å². The normalized spacial score (nSPS) is 10.6. The SMILES string of the molecule is Cc1ccc(C)c(OCC(=O)N/N=C\c2cccc([N+](=O)[O-])c2)c1. The first-order valence-corrected chi connectivity index (χ1v) is 7.22. The molecule has 0 heterocycles. The van der Waals surface area contributed by atoms with E-state index < -0.39 is 10.8 Å². The fourth-order valence-electron chi connectivity index (χ4n) is 1.94. The largest absolute Gasteiger partial charge is 0.483 e. The van der Waals surface area contributed by atoms with Gasteiger partial charge < -0.3 is 4.74 Å². The topological polar surface area (TPSA) is 93.8 Å². The predicted octanol–water partition coefficient (Wildman–Crippen LogP) is 2.74. The molecule has 0 aliphatic rings. The van der Waals surface area contributed by atoms with Gasteiger partial charge in [0.25, 0.3) is 11.6 Å². The number of ether oxygens (including phenoxy) is 1. The number of hydrogen-bond donors (Lipinski definition) is 1. The van der Waals surface area contributed by atoms with Gasteiger partial charge in [0.2, 0.25) is 0 Å². The molecule has 0 unspecified atom stereocenters. The Bertz CT molecular complexity index is 787. The number of benzene rings is 2. The molecule has 0 saturated carbocycles. The maximum atomic E-state index is 11.7. The van der Waals surface area contributed by atoms with Crippen molar-refractivity contribution < 1.29 is 14.5 Å². The van der Waals surface area contributed by atoms with Gasteiger partial charge in [0.05, 0.1) is 11.1 Å². The Labute approximate surface area is 139 Å². The van der Waals surface area contributed by atoms with E-state index in [0.717, 1.165) is 11.1 Å². The highest BCUT2D eigenvalue weighted by Gasteiger charge is 2.05. The highest BCUT2D eigenvalue weighted by atomic mass is 16.6. The Hall–Kier alpha value is -3.22. The molecule has 0 saturated heterocycles. The summed E-state index contributed by atoms with van der Waals surface area (Å²) in [5.74, 6) is 0.227. The summed E-state index contributed by atoms with van der Waals surface area (Å²) in [6.45, 7) is 3.67. The fourth-order valence-corrected chi connectivity index (χ4v) is 1.94. The number of aryl methyl sites for hydroxylation is 2. The van der Waals surface area contributed by atoms with Gasteiger partial charge in [-0.25, -0.2) is 5.43 Å². The molecule has 1 amide bonds. The lowest BCUT2D eigenvalue weighted by Crippen LogP contribution is -2.24. The molecule has 0 atom stereocenters. The quantitative estimate of drug-likeness (QED) is 0.501. The summed E-state index contributed by atoms with van der Waals surface area (Å²) in [4.78, 5) is 21.9. The van der Waals surface area contributed by atoms with E-state index >= 15 is 0 Å². The summed E-state index contributed by atoms with van der Waals surface area (Å²) < 4.78 is 5.46. The number of amides is 1. The summed E-state index contributed by atoms with van der Waals surface area (Å²) in [5.41, 5.74) is 4.78.